The van der Waals surface area contributed by atoms with Crippen LogP contribution in [0.4, 0.5) is 0 Å². The third-order valence-electron chi connectivity index (χ3n) is 2.15. The Morgan fingerprint density at radius 3 is 2.50 bits per heavy atom. The van der Waals surface area contributed by atoms with Gasteiger partial charge in [-0.05, 0) is 31.5 Å². The van der Waals surface area contributed by atoms with Gasteiger partial charge >= 0.3 is 11.9 Å². The minimum Gasteiger partial charge on any atom is -0.465 e. The molecule has 0 fully saturated rings. The summed E-state index contributed by atoms with van der Waals surface area (Å²) in [5.41, 5.74) is 1.50. The molecule has 86 valence electrons. The molecule has 1 rings (SSSR count). The highest BCUT2D eigenvalue weighted by Crippen LogP contribution is 2.13. The summed E-state index contributed by atoms with van der Waals surface area (Å²) >= 11 is 0. The molecule has 0 heterocycles. The van der Waals surface area contributed by atoms with Crippen LogP contribution in [0.5, 0.6) is 0 Å². The number of hydrogen-bond donors (Lipinski definition) is 0. The van der Waals surface area contributed by atoms with E-state index in [2.05, 4.69) is 4.74 Å². The van der Waals surface area contributed by atoms with Gasteiger partial charge in [0.15, 0.2) is 0 Å². The molecule has 0 aromatic heterocycles. The van der Waals surface area contributed by atoms with E-state index in [1.54, 1.807) is 26.0 Å². The molecule has 1 aromatic carbocycles. The van der Waals surface area contributed by atoms with E-state index in [0.29, 0.717) is 17.7 Å². The third-order valence-corrected chi connectivity index (χ3v) is 2.15. The number of aryl methyl sites for hydroxylation is 1. The monoisotopic (exact) mass is 222 g/mol. The smallest absolute Gasteiger partial charge is 0.338 e. The predicted octanol–water partition coefficient (Wildman–Crippen LogP) is 1.96. The van der Waals surface area contributed by atoms with Gasteiger partial charge in [-0.15, -0.1) is 0 Å². The van der Waals surface area contributed by atoms with E-state index in [0.717, 1.165) is 5.56 Å². The summed E-state index contributed by atoms with van der Waals surface area (Å²) in [7, 11) is 1.30. The molecule has 1 aromatic rings. The fraction of sp³-hybridized carbons (Fsp3) is 0.333. The Morgan fingerprint density at radius 1 is 1.25 bits per heavy atom. The van der Waals surface area contributed by atoms with Crippen molar-refractivity contribution in [2.24, 2.45) is 0 Å². The number of ether oxygens (including phenoxy) is 2. The van der Waals surface area contributed by atoms with E-state index in [1.165, 1.54) is 13.2 Å². The molecular formula is C12H14O4. The van der Waals surface area contributed by atoms with Crippen molar-refractivity contribution in [2.45, 2.75) is 13.8 Å². The second kappa shape index (κ2) is 5.30. The topological polar surface area (TPSA) is 52.6 Å². The molecule has 4 nitrogen and oxygen atoms in total. The number of esters is 2. The minimum absolute atomic E-state index is 0.306. The molecule has 4 heteroatoms. The van der Waals surface area contributed by atoms with Crippen LogP contribution in [-0.4, -0.2) is 25.7 Å². The Balaban J connectivity index is 3.07. The first kappa shape index (κ1) is 12.2. The SMILES string of the molecule is CCOC(=O)c1ccc(C)c(C(=O)OC)c1. The molecule has 0 bridgehead atoms. The molecule has 16 heavy (non-hydrogen) atoms. The average molecular weight is 222 g/mol. The van der Waals surface area contributed by atoms with Gasteiger partial charge in [0.05, 0.1) is 24.8 Å². The van der Waals surface area contributed by atoms with Gasteiger partial charge in [0.1, 0.15) is 0 Å². The molecule has 0 aliphatic heterocycles. The lowest BCUT2D eigenvalue weighted by Crippen LogP contribution is -2.09. The number of benzene rings is 1. The summed E-state index contributed by atoms with van der Waals surface area (Å²) in [6.07, 6.45) is 0. The molecular weight excluding hydrogens is 208 g/mol. The Kier molecular flexibility index (Phi) is 4.05. The first-order chi connectivity index (χ1) is 7.60. The van der Waals surface area contributed by atoms with Crippen LogP contribution in [0.25, 0.3) is 0 Å². The summed E-state index contributed by atoms with van der Waals surface area (Å²) in [6.45, 7) is 3.81. The zero-order valence-corrected chi connectivity index (χ0v) is 9.57. The lowest BCUT2D eigenvalue weighted by molar-refractivity contribution is 0.0526. The first-order valence-electron chi connectivity index (χ1n) is 4.96. The first-order valence-corrected chi connectivity index (χ1v) is 4.96. The largest absolute Gasteiger partial charge is 0.465 e. The normalized spacial score (nSPS) is 9.69. The van der Waals surface area contributed by atoms with Gasteiger partial charge in [-0.1, -0.05) is 6.07 Å². The molecule has 0 aliphatic carbocycles. The van der Waals surface area contributed by atoms with E-state index in [1.807, 2.05) is 0 Å². The highest BCUT2D eigenvalue weighted by Gasteiger charge is 2.13. The van der Waals surface area contributed by atoms with Crippen molar-refractivity contribution < 1.29 is 19.1 Å². The van der Waals surface area contributed by atoms with Crippen molar-refractivity contribution in [1.29, 1.82) is 0 Å². The zero-order chi connectivity index (χ0) is 12.1. The van der Waals surface area contributed by atoms with Crippen LogP contribution in [0.1, 0.15) is 33.2 Å². The van der Waals surface area contributed by atoms with Gasteiger partial charge in [-0.3, -0.25) is 0 Å². The van der Waals surface area contributed by atoms with Crippen LogP contribution in [-0.2, 0) is 9.47 Å². The number of carbonyl (C=O) groups is 2. The Hall–Kier alpha value is -1.84. The molecule has 0 unspecified atom stereocenters. The average Bonchev–Trinajstić information content (AvgIpc) is 2.29. The number of rotatable bonds is 3. The summed E-state index contributed by atoms with van der Waals surface area (Å²) in [4.78, 5) is 22.8. The number of hydrogen-bond acceptors (Lipinski definition) is 4. The van der Waals surface area contributed by atoms with Gasteiger partial charge < -0.3 is 9.47 Å². The Bertz CT molecular complexity index is 409. The quantitative estimate of drug-likeness (QED) is 0.733. The van der Waals surface area contributed by atoms with Crippen molar-refractivity contribution in [3.05, 3.63) is 34.9 Å². The maximum absolute atomic E-state index is 11.4. The zero-order valence-electron chi connectivity index (χ0n) is 9.57. The van der Waals surface area contributed by atoms with Crippen LogP contribution in [0.2, 0.25) is 0 Å². The fourth-order valence-corrected chi connectivity index (χ4v) is 1.29. The van der Waals surface area contributed by atoms with Crippen LogP contribution in [0.3, 0.4) is 0 Å². The summed E-state index contributed by atoms with van der Waals surface area (Å²) in [5.74, 6) is -0.892. The standard InChI is InChI=1S/C12H14O4/c1-4-16-11(13)9-6-5-8(2)10(7-9)12(14)15-3/h5-7H,4H2,1-3H3. The summed E-state index contributed by atoms with van der Waals surface area (Å²) < 4.78 is 9.47. The van der Waals surface area contributed by atoms with Crippen molar-refractivity contribution in [1.82, 2.24) is 0 Å². The van der Waals surface area contributed by atoms with Crippen LogP contribution >= 0.6 is 0 Å². The molecule has 0 saturated heterocycles. The van der Waals surface area contributed by atoms with Gasteiger partial charge in [-0.25, -0.2) is 9.59 Å². The van der Waals surface area contributed by atoms with Gasteiger partial charge in [0.2, 0.25) is 0 Å². The van der Waals surface area contributed by atoms with Gasteiger partial charge in [0, 0.05) is 0 Å². The third kappa shape index (κ3) is 2.59. The van der Waals surface area contributed by atoms with Crippen LogP contribution in [0, 0.1) is 6.92 Å². The van der Waals surface area contributed by atoms with E-state index >= 15 is 0 Å². The van der Waals surface area contributed by atoms with Gasteiger partial charge in [0.25, 0.3) is 0 Å². The molecule has 0 N–H and O–H groups in total. The van der Waals surface area contributed by atoms with Crippen molar-refractivity contribution in [3.8, 4) is 0 Å². The second-order valence-corrected chi connectivity index (χ2v) is 3.24. The molecule has 0 atom stereocenters. The minimum atomic E-state index is -0.455. The van der Waals surface area contributed by atoms with Crippen molar-refractivity contribution in [3.63, 3.8) is 0 Å². The molecule has 0 spiro atoms. The van der Waals surface area contributed by atoms with E-state index in [-0.39, 0.29) is 0 Å². The fourth-order valence-electron chi connectivity index (χ4n) is 1.29. The van der Waals surface area contributed by atoms with E-state index < -0.39 is 11.9 Å². The molecule has 0 radical (unpaired) electrons. The van der Waals surface area contributed by atoms with E-state index in [9.17, 15) is 9.59 Å². The van der Waals surface area contributed by atoms with Gasteiger partial charge in [-0.2, -0.15) is 0 Å². The van der Waals surface area contributed by atoms with Crippen LogP contribution < -0.4 is 0 Å². The van der Waals surface area contributed by atoms with Crippen LogP contribution in [0.15, 0.2) is 18.2 Å². The molecule has 0 saturated carbocycles. The lowest BCUT2D eigenvalue weighted by atomic mass is 10.1. The van der Waals surface area contributed by atoms with E-state index in [4.69, 9.17) is 4.74 Å². The lowest BCUT2D eigenvalue weighted by Gasteiger charge is -2.06. The number of carbonyl (C=O) groups excluding carboxylic acids is 2. The Labute approximate surface area is 94.2 Å². The highest BCUT2D eigenvalue weighted by atomic mass is 16.5. The molecule has 0 aliphatic rings. The summed E-state index contributed by atoms with van der Waals surface area (Å²) in [5, 5.41) is 0. The predicted molar refractivity (Wildman–Crippen MR) is 58.5 cm³/mol. The summed E-state index contributed by atoms with van der Waals surface area (Å²) in [6, 6.07) is 4.80. The Morgan fingerprint density at radius 2 is 1.94 bits per heavy atom. The second-order valence-electron chi connectivity index (χ2n) is 3.24. The molecule has 0 amide bonds. The number of methoxy groups -OCH3 is 1. The highest BCUT2D eigenvalue weighted by molar-refractivity contribution is 5.96. The maximum Gasteiger partial charge on any atom is 0.338 e. The maximum atomic E-state index is 11.4. The van der Waals surface area contributed by atoms with Crippen molar-refractivity contribution >= 4 is 11.9 Å². The van der Waals surface area contributed by atoms with Crippen molar-refractivity contribution in [2.75, 3.05) is 13.7 Å².